The Morgan fingerprint density at radius 1 is 1.08 bits per heavy atom. The maximum Gasteiger partial charge on any atom is 0.269 e. The van der Waals surface area contributed by atoms with Gasteiger partial charge >= 0.3 is 0 Å². The van der Waals surface area contributed by atoms with E-state index in [-0.39, 0.29) is 16.7 Å². The standard InChI is InChI=1S/C19H17NO3S/c1-2-24-19(14-7-10-15(11-8-14)20(22)23)18-16-6-4-3-5-13(16)9-12-17(18)21/h3-12,19,21H,2H2,1H3. The van der Waals surface area contributed by atoms with Crippen molar-refractivity contribution in [2.45, 2.75) is 12.2 Å². The van der Waals surface area contributed by atoms with E-state index in [0.29, 0.717) is 0 Å². The normalized spacial score (nSPS) is 12.2. The topological polar surface area (TPSA) is 63.4 Å². The summed E-state index contributed by atoms with van der Waals surface area (Å²) in [6.07, 6.45) is 0. The first-order valence-corrected chi connectivity index (χ1v) is 8.73. The lowest BCUT2D eigenvalue weighted by molar-refractivity contribution is -0.384. The summed E-state index contributed by atoms with van der Waals surface area (Å²) in [4.78, 5) is 10.5. The molecule has 3 aromatic rings. The van der Waals surface area contributed by atoms with Gasteiger partial charge in [-0.2, -0.15) is 0 Å². The number of thioether (sulfide) groups is 1. The van der Waals surface area contributed by atoms with E-state index in [1.165, 1.54) is 12.1 Å². The van der Waals surface area contributed by atoms with E-state index in [0.717, 1.165) is 27.7 Å². The molecule has 0 saturated heterocycles. The fourth-order valence-electron chi connectivity index (χ4n) is 2.84. The van der Waals surface area contributed by atoms with Crippen LogP contribution in [0, 0.1) is 10.1 Å². The number of nitro groups is 1. The second kappa shape index (κ2) is 6.93. The summed E-state index contributed by atoms with van der Waals surface area (Å²) in [5.41, 5.74) is 1.87. The fraction of sp³-hybridized carbons (Fsp3) is 0.158. The van der Waals surface area contributed by atoms with Gasteiger partial charge in [-0.25, -0.2) is 0 Å². The number of phenolic OH excluding ortho intramolecular Hbond substituents is 1. The van der Waals surface area contributed by atoms with Crippen molar-refractivity contribution in [3.05, 3.63) is 81.9 Å². The molecule has 5 heteroatoms. The molecule has 0 fully saturated rings. The number of nitro benzene ring substituents is 1. The average molecular weight is 339 g/mol. The smallest absolute Gasteiger partial charge is 0.269 e. The number of fused-ring (bicyclic) bond motifs is 1. The molecule has 1 atom stereocenters. The lowest BCUT2D eigenvalue weighted by atomic mass is 9.97. The van der Waals surface area contributed by atoms with Gasteiger partial charge in [-0.15, -0.1) is 11.8 Å². The molecule has 0 bridgehead atoms. The van der Waals surface area contributed by atoms with Crippen LogP contribution in [0.4, 0.5) is 5.69 Å². The Kier molecular flexibility index (Phi) is 4.71. The first-order chi connectivity index (χ1) is 11.6. The van der Waals surface area contributed by atoms with E-state index in [1.807, 2.05) is 30.3 Å². The third kappa shape index (κ3) is 3.08. The molecule has 3 aromatic carbocycles. The lowest BCUT2D eigenvalue weighted by Gasteiger charge is -2.20. The molecule has 0 spiro atoms. The molecule has 122 valence electrons. The zero-order valence-corrected chi connectivity index (χ0v) is 14.0. The van der Waals surface area contributed by atoms with Crippen LogP contribution in [-0.4, -0.2) is 15.8 Å². The van der Waals surface area contributed by atoms with Crippen molar-refractivity contribution in [3.63, 3.8) is 0 Å². The van der Waals surface area contributed by atoms with E-state index in [1.54, 1.807) is 30.0 Å². The van der Waals surface area contributed by atoms with Gasteiger partial charge in [0.15, 0.2) is 0 Å². The molecule has 0 amide bonds. The van der Waals surface area contributed by atoms with E-state index in [2.05, 4.69) is 6.92 Å². The molecule has 24 heavy (non-hydrogen) atoms. The number of hydrogen-bond acceptors (Lipinski definition) is 4. The Morgan fingerprint density at radius 2 is 1.79 bits per heavy atom. The molecule has 0 aliphatic carbocycles. The first kappa shape index (κ1) is 16.3. The number of nitrogens with zero attached hydrogens (tertiary/aromatic N) is 1. The first-order valence-electron chi connectivity index (χ1n) is 7.68. The minimum atomic E-state index is -0.402. The van der Waals surface area contributed by atoms with Crippen molar-refractivity contribution in [2.24, 2.45) is 0 Å². The fourth-order valence-corrected chi connectivity index (χ4v) is 3.94. The van der Waals surface area contributed by atoms with Gasteiger partial charge in [0.1, 0.15) is 5.75 Å². The van der Waals surface area contributed by atoms with Crippen LogP contribution in [0.2, 0.25) is 0 Å². The third-order valence-corrected chi connectivity index (χ3v) is 5.12. The third-order valence-electron chi connectivity index (χ3n) is 3.95. The molecule has 4 nitrogen and oxygen atoms in total. The van der Waals surface area contributed by atoms with Gasteiger partial charge in [0.25, 0.3) is 5.69 Å². The van der Waals surface area contributed by atoms with Gasteiger partial charge < -0.3 is 5.11 Å². The van der Waals surface area contributed by atoms with Gasteiger partial charge in [-0.05, 0) is 28.2 Å². The van der Waals surface area contributed by atoms with Crippen LogP contribution in [-0.2, 0) is 0 Å². The summed E-state index contributed by atoms with van der Waals surface area (Å²) in [5.74, 6) is 1.11. The number of benzene rings is 3. The van der Waals surface area contributed by atoms with E-state index >= 15 is 0 Å². The molecule has 0 aliphatic heterocycles. The van der Waals surface area contributed by atoms with Crippen LogP contribution < -0.4 is 0 Å². The van der Waals surface area contributed by atoms with Crippen molar-refractivity contribution >= 4 is 28.2 Å². The zero-order chi connectivity index (χ0) is 17.1. The van der Waals surface area contributed by atoms with Crippen LogP contribution in [0.5, 0.6) is 5.75 Å². The van der Waals surface area contributed by atoms with Crippen molar-refractivity contribution in [1.82, 2.24) is 0 Å². The highest BCUT2D eigenvalue weighted by Gasteiger charge is 2.21. The largest absolute Gasteiger partial charge is 0.508 e. The Hall–Kier alpha value is -2.53. The Morgan fingerprint density at radius 3 is 2.46 bits per heavy atom. The minimum Gasteiger partial charge on any atom is -0.508 e. The Bertz CT molecular complexity index is 877. The van der Waals surface area contributed by atoms with Gasteiger partial charge in [0.2, 0.25) is 0 Å². The molecule has 0 saturated carbocycles. The van der Waals surface area contributed by atoms with Crippen molar-refractivity contribution in [1.29, 1.82) is 0 Å². The number of hydrogen-bond donors (Lipinski definition) is 1. The SMILES string of the molecule is CCSC(c1ccc([N+](=O)[O-])cc1)c1c(O)ccc2ccccc12. The maximum atomic E-state index is 10.9. The molecular weight excluding hydrogens is 322 g/mol. The highest BCUT2D eigenvalue weighted by molar-refractivity contribution is 7.99. The molecule has 1 N–H and O–H groups in total. The average Bonchev–Trinajstić information content (AvgIpc) is 2.60. The van der Waals surface area contributed by atoms with Gasteiger partial charge in [0, 0.05) is 17.7 Å². The Labute approximate surface area is 144 Å². The van der Waals surface area contributed by atoms with Crippen LogP contribution in [0.3, 0.4) is 0 Å². The quantitative estimate of drug-likeness (QED) is 0.506. The molecule has 0 radical (unpaired) electrons. The van der Waals surface area contributed by atoms with Crippen molar-refractivity contribution in [3.8, 4) is 5.75 Å². The van der Waals surface area contributed by atoms with E-state index in [9.17, 15) is 15.2 Å². The lowest BCUT2D eigenvalue weighted by Crippen LogP contribution is -2.00. The number of aromatic hydroxyl groups is 1. The summed E-state index contributed by atoms with van der Waals surface area (Å²) in [6, 6.07) is 18.1. The summed E-state index contributed by atoms with van der Waals surface area (Å²) >= 11 is 1.70. The van der Waals surface area contributed by atoms with Crippen LogP contribution in [0.15, 0.2) is 60.7 Å². The molecule has 0 aliphatic rings. The zero-order valence-electron chi connectivity index (χ0n) is 13.2. The minimum absolute atomic E-state index is 0.0705. The molecule has 0 aromatic heterocycles. The van der Waals surface area contributed by atoms with Gasteiger partial charge in [0.05, 0.1) is 10.2 Å². The number of phenols is 1. The molecule has 3 rings (SSSR count). The Balaban J connectivity index is 2.15. The van der Waals surface area contributed by atoms with Crippen LogP contribution in [0.25, 0.3) is 10.8 Å². The summed E-state index contributed by atoms with van der Waals surface area (Å²) < 4.78 is 0. The monoisotopic (exact) mass is 339 g/mol. The van der Waals surface area contributed by atoms with Gasteiger partial charge in [-0.1, -0.05) is 49.4 Å². The highest BCUT2D eigenvalue weighted by Crippen LogP contribution is 2.43. The molecular formula is C19H17NO3S. The second-order valence-corrected chi connectivity index (χ2v) is 6.79. The summed E-state index contributed by atoms with van der Waals surface area (Å²) in [5, 5.41) is 23.3. The highest BCUT2D eigenvalue weighted by atomic mass is 32.2. The number of non-ortho nitro benzene ring substituents is 1. The van der Waals surface area contributed by atoms with Crippen LogP contribution >= 0.6 is 11.8 Å². The van der Waals surface area contributed by atoms with E-state index in [4.69, 9.17) is 0 Å². The molecule has 0 heterocycles. The molecule has 1 unspecified atom stereocenters. The van der Waals surface area contributed by atoms with E-state index < -0.39 is 4.92 Å². The summed E-state index contributed by atoms with van der Waals surface area (Å²) in [7, 11) is 0. The number of rotatable bonds is 5. The maximum absolute atomic E-state index is 10.9. The predicted octanol–water partition coefficient (Wildman–Crippen LogP) is 5.30. The van der Waals surface area contributed by atoms with Crippen molar-refractivity contribution in [2.75, 3.05) is 5.75 Å². The van der Waals surface area contributed by atoms with Crippen molar-refractivity contribution < 1.29 is 10.0 Å². The van der Waals surface area contributed by atoms with Gasteiger partial charge in [-0.3, -0.25) is 10.1 Å². The summed E-state index contributed by atoms with van der Waals surface area (Å²) in [6.45, 7) is 2.06. The van der Waals surface area contributed by atoms with Crippen LogP contribution in [0.1, 0.15) is 23.3 Å². The second-order valence-electron chi connectivity index (χ2n) is 5.40. The predicted molar refractivity (Wildman–Crippen MR) is 98.7 cm³/mol.